The number of allylic oxidation sites excluding steroid dienone is 1. The normalized spacial score (nSPS) is 21.3. The van der Waals surface area contributed by atoms with Gasteiger partial charge in [0.1, 0.15) is 5.82 Å². The largest absolute Gasteiger partial charge is 0.459 e. The highest BCUT2D eigenvalue weighted by atomic mass is 19.1. The predicted molar refractivity (Wildman–Crippen MR) is 118 cm³/mol. The Bertz CT molecular complexity index is 993. The summed E-state index contributed by atoms with van der Waals surface area (Å²) in [5.41, 5.74) is 1.72. The van der Waals surface area contributed by atoms with Gasteiger partial charge in [0.25, 0.3) is 5.91 Å². The highest BCUT2D eigenvalue weighted by Gasteiger charge is 2.38. The molecule has 3 atom stereocenters. The van der Waals surface area contributed by atoms with Crippen molar-refractivity contribution >= 4 is 5.91 Å². The molecule has 2 heterocycles. The number of aliphatic hydroxyl groups is 1. The molecule has 0 aromatic heterocycles. The summed E-state index contributed by atoms with van der Waals surface area (Å²) in [4.78, 5) is 13.0. The molecular weight excluding hydrogens is 429 g/mol. The molecule has 2 N–H and O–H groups in total. The molecular formula is C25H28FNO6. The molecule has 2 aromatic rings. The van der Waals surface area contributed by atoms with Crippen molar-refractivity contribution in [2.24, 2.45) is 5.92 Å². The molecule has 0 bridgehead atoms. The molecule has 0 radical (unpaired) electrons. The van der Waals surface area contributed by atoms with Gasteiger partial charge in [0, 0.05) is 31.6 Å². The van der Waals surface area contributed by atoms with E-state index in [0.29, 0.717) is 30.9 Å². The molecule has 0 saturated heterocycles. The van der Waals surface area contributed by atoms with Crippen LogP contribution in [0.3, 0.4) is 0 Å². The zero-order valence-corrected chi connectivity index (χ0v) is 18.5. The fourth-order valence-electron chi connectivity index (χ4n) is 4.14. The number of aliphatic hydroxyl groups excluding tert-OH is 1. The lowest BCUT2D eigenvalue weighted by molar-refractivity contribution is -0.166. The van der Waals surface area contributed by atoms with Crippen molar-refractivity contribution in [3.63, 3.8) is 0 Å². The van der Waals surface area contributed by atoms with E-state index >= 15 is 0 Å². The van der Waals surface area contributed by atoms with Crippen LogP contribution in [0.1, 0.15) is 36.8 Å². The second-order valence-electron chi connectivity index (χ2n) is 7.95. The van der Waals surface area contributed by atoms with Crippen molar-refractivity contribution in [1.82, 2.24) is 5.32 Å². The van der Waals surface area contributed by atoms with E-state index in [9.17, 15) is 14.3 Å². The lowest BCUT2D eigenvalue weighted by Gasteiger charge is -2.37. The van der Waals surface area contributed by atoms with E-state index in [1.54, 1.807) is 18.2 Å². The van der Waals surface area contributed by atoms with Crippen LogP contribution in [-0.2, 0) is 20.8 Å². The van der Waals surface area contributed by atoms with Crippen molar-refractivity contribution in [3.8, 4) is 11.5 Å². The van der Waals surface area contributed by atoms with E-state index in [1.165, 1.54) is 12.1 Å². The third kappa shape index (κ3) is 5.46. The Balaban J connectivity index is 1.59. The number of hydrogen-bond acceptors (Lipinski definition) is 6. The summed E-state index contributed by atoms with van der Waals surface area (Å²) in [6.45, 7) is 2.75. The van der Waals surface area contributed by atoms with Crippen molar-refractivity contribution < 1.29 is 33.2 Å². The third-order valence-corrected chi connectivity index (χ3v) is 5.78. The average molecular weight is 457 g/mol. The van der Waals surface area contributed by atoms with E-state index in [0.717, 1.165) is 11.1 Å². The first kappa shape index (κ1) is 23.1. The summed E-state index contributed by atoms with van der Waals surface area (Å²) in [5, 5.41) is 12.2. The molecule has 176 valence electrons. The monoisotopic (exact) mass is 457 g/mol. The molecule has 33 heavy (non-hydrogen) atoms. The maximum atomic E-state index is 13.1. The zero-order valence-electron chi connectivity index (χ0n) is 18.5. The lowest BCUT2D eigenvalue weighted by atomic mass is 9.80. The van der Waals surface area contributed by atoms with Crippen molar-refractivity contribution in [1.29, 1.82) is 0 Å². The number of rotatable bonds is 9. The number of carbonyl (C=O) groups is 1. The van der Waals surface area contributed by atoms with Gasteiger partial charge in [-0.25, -0.2) is 4.39 Å². The minimum absolute atomic E-state index is 0.0535. The maximum absolute atomic E-state index is 13.1. The molecule has 4 rings (SSSR count). The van der Waals surface area contributed by atoms with Crippen molar-refractivity contribution in [2.75, 3.05) is 20.0 Å². The van der Waals surface area contributed by atoms with E-state index in [4.69, 9.17) is 18.9 Å². The topological polar surface area (TPSA) is 86.3 Å². The molecule has 2 aromatic carbocycles. The summed E-state index contributed by atoms with van der Waals surface area (Å²) >= 11 is 0. The van der Waals surface area contributed by atoms with Gasteiger partial charge in [-0.3, -0.25) is 4.79 Å². The summed E-state index contributed by atoms with van der Waals surface area (Å²) in [7, 11) is 0. The van der Waals surface area contributed by atoms with Crippen LogP contribution in [0.5, 0.6) is 11.5 Å². The van der Waals surface area contributed by atoms with Crippen LogP contribution in [0, 0.1) is 11.7 Å². The minimum Gasteiger partial charge on any atom is -0.459 e. The molecule has 2 aliphatic heterocycles. The van der Waals surface area contributed by atoms with Crippen LogP contribution in [0.25, 0.3) is 0 Å². The Morgan fingerprint density at radius 3 is 2.73 bits per heavy atom. The molecule has 0 unspecified atom stereocenters. The van der Waals surface area contributed by atoms with Crippen LogP contribution < -0.4 is 14.8 Å². The van der Waals surface area contributed by atoms with Crippen LogP contribution in [-0.4, -0.2) is 37.3 Å². The number of benzene rings is 2. The maximum Gasteiger partial charge on any atom is 0.286 e. The molecule has 8 heteroatoms. The number of hydrogen-bond donors (Lipinski definition) is 2. The third-order valence-electron chi connectivity index (χ3n) is 5.78. The molecule has 0 spiro atoms. The fourth-order valence-corrected chi connectivity index (χ4v) is 4.14. The molecule has 0 saturated carbocycles. The Hall–Kier alpha value is -3.10. The Morgan fingerprint density at radius 1 is 1.18 bits per heavy atom. The van der Waals surface area contributed by atoms with Gasteiger partial charge in [0.2, 0.25) is 13.1 Å². The number of amides is 1. The van der Waals surface area contributed by atoms with Gasteiger partial charge in [-0.05, 0) is 61.2 Å². The zero-order chi connectivity index (χ0) is 23.2. The second-order valence-corrected chi connectivity index (χ2v) is 7.95. The Morgan fingerprint density at radius 2 is 1.97 bits per heavy atom. The Labute approximate surface area is 192 Å². The van der Waals surface area contributed by atoms with Gasteiger partial charge < -0.3 is 29.4 Å². The number of nitrogens with one attached hydrogen (secondary N) is 1. The second kappa shape index (κ2) is 10.7. The number of carbonyl (C=O) groups excluding carboxylic acids is 1. The number of halogens is 1. The summed E-state index contributed by atoms with van der Waals surface area (Å²) in [5.74, 6) is 0.496. The van der Waals surface area contributed by atoms with Gasteiger partial charge in [-0.2, -0.15) is 0 Å². The summed E-state index contributed by atoms with van der Waals surface area (Å²) < 4.78 is 36.0. The summed E-state index contributed by atoms with van der Waals surface area (Å²) in [6, 6.07) is 11.7. The lowest BCUT2D eigenvalue weighted by Crippen LogP contribution is -2.39. The van der Waals surface area contributed by atoms with Crippen LogP contribution >= 0.6 is 0 Å². The highest BCUT2D eigenvalue weighted by molar-refractivity contribution is 5.91. The molecule has 0 fully saturated rings. The molecule has 1 amide bonds. The van der Waals surface area contributed by atoms with Crippen molar-refractivity contribution in [2.45, 2.75) is 38.5 Å². The predicted octanol–water partition coefficient (Wildman–Crippen LogP) is 3.62. The number of ether oxygens (including phenoxy) is 4. The van der Waals surface area contributed by atoms with Gasteiger partial charge in [0.15, 0.2) is 17.3 Å². The molecule has 7 nitrogen and oxygen atoms in total. The van der Waals surface area contributed by atoms with E-state index < -0.39 is 6.29 Å². The summed E-state index contributed by atoms with van der Waals surface area (Å²) in [6.07, 6.45) is 2.39. The Kier molecular flexibility index (Phi) is 7.47. The first-order chi connectivity index (χ1) is 16.1. The smallest absolute Gasteiger partial charge is 0.286 e. The SMILES string of the molecule is CCO[C@@H]1OC(C(=O)NCc2ccc(F)cc2)=C[C@H](c2ccc3c(c2)OCO3)[C@@H]1CCCO. The van der Waals surface area contributed by atoms with E-state index in [2.05, 4.69) is 5.32 Å². The standard InChI is InChI=1S/C25H28FNO6/c1-2-30-25-19(4-3-11-28)20(17-7-10-21-22(12-17)32-15-31-21)13-23(33-25)24(29)27-14-16-5-8-18(26)9-6-16/h5-10,12-13,19-20,25,28H,2-4,11,14-15H2,1H3,(H,27,29)/t19-,20+,25+/m0/s1. The van der Waals surface area contributed by atoms with Crippen molar-refractivity contribution in [3.05, 3.63) is 71.2 Å². The van der Waals surface area contributed by atoms with E-state index in [-0.39, 0.29) is 49.3 Å². The first-order valence-corrected chi connectivity index (χ1v) is 11.1. The minimum atomic E-state index is -0.645. The van der Waals surface area contributed by atoms with Crippen LogP contribution in [0.2, 0.25) is 0 Å². The average Bonchev–Trinajstić information content (AvgIpc) is 3.30. The molecule has 2 aliphatic rings. The van der Waals surface area contributed by atoms with Gasteiger partial charge in [-0.15, -0.1) is 0 Å². The first-order valence-electron chi connectivity index (χ1n) is 11.1. The molecule has 0 aliphatic carbocycles. The highest BCUT2D eigenvalue weighted by Crippen LogP contribution is 2.42. The van der Waals surface area contributed by atoms with Gasteiger partial charge in [0.05, 0.1) is 0 Å². The quantitative estimate of drug-likeness (QED) is 0.598. The van der Waals surface area contributed by atoms with Gasteiger partial charge in [-0.1, -0.05) is 18.2 Å². The van der Waals surface area contributed by atoms with Gasteiger partial charge >= 0.3 is 0 Å². The number of fused-ring (bicyclic) bond motifs is 1. The van der Waals surface area contributed by atoms with Crippen LogP contribution in [0.4, 0.5) is 4.39 Å². The fraction of sp³-hybridized carbons (Fsp3) is 0.400. The van der Waals surface area contributed by atoms with Crippen LogP contribution in [0.15, 0.2) is 54.3 Å². The van der Waals surface area contributed by atoms with E-state index in [1.807, 2.05) is 25.1 Å².